The molecule has 1 fully saturated rings. The molecular formula is C13H20N2O. The lowest BCUT2D eigenvalue weighted by Crippen LogP contribution is -2.60. The van der Waals surface area contributed by atoms with Crippen LogP contribution in [0, 0.1) is 0 Å². The molecule has 0 aromatic carbocycles. The first-order valence-electron chi connectivity index (χ1n) is 5.72. The Labute approximate surface area is 97.1 Å². The molecule has 0 spiro atoms. The number of β-amino-alcohol motifs (C(OH)–C–C–N with tert-alkyl or cyclic N) is 1. The Balaban J connectivity index is 2.10. The van der Waals surface area contributed by atoms with Crippen molar-refractivity contribution in [3.8, 4) is 0 Å². The van der Waals surface area contributed by atoms with Crippen LogP contribution < -0.4 is 4.90 Å². The molecule has 2 rings (SSSR count). The summed E-state index contributed by atoms with van der Waals surface area (Å²) in [6.07, 6.45) is 1.93. The summed E-state index contributed by atoms with van der Waals surface area (Å²) in [5.41, 5.74) is 0.847. The van der Waals surface area contributed by atoms with Crippen LogP contribution in [0.25, 0.3) is 0 Å². The lowest BCUT2D eigenvalue weighted by atomic mass is 9.88. The minimum absolute atomic E-state index is 0.145. The molecule has 3 nitrogen and oxygen atoms in total. The molecule has 0 aliphatic carbocycles. The topological polar surface area (TPSA) is 36.4 Å². The second-order valence-corrected chi connectivity index (χ2v) is 6.01. The summed E-state index contributed by atoms with van der Waals surface area (Å²) in [5.74, 6) is 0.958. The van der Waals surface area contributed by atoms with Crippen molar-refractivity contribution >= 4 is 5.82 Å². The Morgan fingerprint density at radius 3 is 2.31 bits per heavy atom. The van der Waals surface area contributed by atoms with E-state index in [9.17, 15) is 5.11 Å². The molecular weight excluding hydrogens is 200 g/mol. The third kappa shape index (κ3) is 2.19. The molecule has 2 heterocycles. The van der Waals surface area contributed by atoms with Crippen LogP contribution in [0.15, 0.2) is 18.3 Å². The number of anilines is 1. The average molecular weight is 220 g/mol. The highest BCUT2D eigenvalue weighted by atomic mass is 16.3. The van der Waals surface area contributed by atoms with Crippen molar-refractivity contribution in [1.82, 2.24) is 4.98 Å². The van der Waals surface area contributed by atoms with Gasteiger partial charge in [-0.1, -0.05) is 26.8 Å². The predicted molar refractivity (Wildman–Crippen MR) is 65.8 cm³/mol. The number of hydrogen-bond donors (Lipinski definition) is 1. The fraction of sp³-hybridized carbons (Fsp3) is 0.615. The molecule has 3 heteroatoms. The van der Waals surface area contributed by atoms with E-state index in [0.717, 1.165) is 5.82 Å². The van der Waals surface area contributed by atoms with Gasteiger partial charge in [-0.15, -0.1) is 0 Å². The standard InChI is InChI=1S/C13H20N2O/c1-12(2,3)10-5-6-11(14-7-10)15-8-13(4,16)9-15/h5-7,16H,8-9H2,1-4H3. The first-order valence-corrected chi connectivity index (χ1v) is 5.72. The van der Waals surface area contributed by atoms with E-state index < -0.39 is 5.60 Å². The van der Waals surface area contributed by atoms with Crippen LogP contribution in [-0.2, 0) is 5.41 Å². The molecule has 1 aromatic rings. The van der Waals surface area contributed by atoms with Crippen LogP contribution >= 0.6 is 0 Å². The van der Waals surface area contributed by atoms with Gasteiger partial charge in [0.15, 0.2) is 0 Å². The highest BCUT2D eigenvalue weighted by molar-refractivity contribution is 5.44. The number of pyridine rings is 1. The van der Waals surface area contributed by atoms with E-state index in [1.165, 1.54) is 5.56 Å². The van der Waals surface area contributed by atoms with Gasteiger partial charge in [-0.05, 0) is 24.0 Å². The third-order valence-corrected chi connectivity index (χ3v) is 3.00. The van der Waals surface area contributed by atoms with Crippen LogP contribution in [0.3, 0.4) is 0 Å². The Morgan fingerprint density at radius 1 is 1.31 bits per heavy atom. The van der Waals surface area contributed by atoms with Gasteiger partial charge in [0.25, 0.3) is 0 Å². The molecule has 16 heavy (non-hydrogen) atoms. The summed E-state index contributed by atoms with van der Waals surface area (Å²) < 4.78 is 0. The van der Waals surface area contributed by atoms with E-state index in [1.54, 1.807) is 0 Å². The molecule has 1 aliphatic rings. The zero-order chi connectivity index (χ0) is 12.0. The molecule has 0 atom stereocenters. The summed E-state index contributed by atoms with van der Waals surface area (Å²) in [6, 6.07) is 4.16. The zero-order valence-corrected chi connectivity index (χ0v) is 10.5. The van der Waals surface area contributed by atoms with Crippen molar-refractivity contribution in [3.63, 3.8) is 0 Å². The van der Waals surface area contributed by atoms with Gasteiger partial charge in [-0.2, -0.15) is 0 Å². The molecule has 1 N–H and O–H groups in total. The van der Waals surface area contributed by atoms with Gasteiger partial charge in [0.2, 0.25) is 0 Å². The maximum absolute atomic E-state index is 9.66. The van der Waals surface area contributed by atoms with Gasteiger partial charge < -0.3 is 10.0 Å². The third-order valence-electron chi connectivity index (χ3n) is 3.00. The zero-order valence-electron chi connectivity index (χ0n) is 10.5. The van der Waals surface area contributed by atoms with Gasteiger partial charge >= 0.3 is 0 Å². The molecule has 0 unspecified atom stereocenters. The number of hydrogen-bond acceptors (Lipinski definition) is 3. The first kappa shape index (κ1) is 11.4. The van der Waals surface area contributed by atoms with Crippen LogP contribution in [0.1, 0.15) is 33.3 Å². The molecule has 1 saturated heterocycles. The van der Waals surface area contributed by atoms with E-state index in [4.69, 9.17) is 0 Å². The van der Waals surface area contributed by atoms with Crippen LogP contribution in [0.5, 0.6) is 0 Å². The van der Waals surface area contributed by atoms with Gasteiger partial charge in [0, 0.05) is 19.3 Å². The molecule has 0 bridgehead atoms. The van der Waals surface area contributed by atoms with Crippen molar-refractivity contribution in [2.24, 2.45) is 0 Å². The maximum Gasteiger partial charge on any atom is 0.128 e. The fourth-order valence-corrected chi connectivity index (χ4v) is 1.95. The summed E-state index contributed by atoms with van der Waals surface area (Å²) in [4.78, 5) is 6.54. The Bertz CT molecular complexity index is 368. The summed E-state index contributed by atoms with van der Waals surface area (Å²) in [7, 11) is 0. The summed E-state index contributed by atoms with van der Waals surface area (Å²) in [5, 5.41) is 9.66. The van der Waals surface area contributed by atoms with Crippen LogP contribution in [0.2, 0.25) is 0 Å². The fourth-order valence-electron chi connectivity index (χ4n) is 1.95. The normalized spacial score (nSPS) is 19.4. The van der Waals surface area contributed by atoms with Crippen molar-refractivity contribution < 1.29 is 5.11 Å². The second-order valence-electron chi connectivity index (χ2n) is 6.01. The molecule has 0 amide bonds. The number of rotatable bonds is 1. The second kappa shape index (κ2) is 3.45. The molecule has 0 radical (unpaired) electrons. The quantitative estimate of drug-likeness (QED) is 0.786. The van der Waals surface area contributed by atoms with E-state index in [2.05, 4.69) is 36.7 Å². The van der Waals surface area contributed by atoms with Crippen molar-refractivity contribution in [1.29, 1.82) is 0 Å². The SMILES string of the molecule is CC1(O)CN(c2ccc(C(C)(C)C)cn2)C1. The monoisotopic (exact) mass is 220 g/mol. The van der Waals surface area contributed by atoms with Crippen molar-refractivity contribution in [2.75, 3.05) is 18.0 Å². The van der Waals surface area contributed by atoms with Crippen molar-refractivity contribution in [3.05, 3.63) is 23.9 Å². The highest BCUT2D eigenvalue weighted by Gasteiger charge is 2.37. The molecule has 88 valence electrons. The van der Waals surface area contributed by atoms with E-state index in [-0.39, 0.29) is 5.41 Å². The lowest BCUT2D eigenvalue weighted by Gasteiger charge is -2.45. The largest absolute Gasteiger partial charge is 0.386 e. The predicted octanol–water partition coefficient (Wildman–Crippen LogP) is 1.95. The van der Waals surface area contributed by atoms with Gasteiger partial charge in [0.1, 0.15) is 5.82 Å². The van der Waals surface area contributed by atoms with Crippen LogP contribution in [0.4, 0.5) is 5.82 Å². The van der Waals surface area contributed by atoms with E-state index in [1.807, 2.05) is 19.2 Å². The van der Waals surface area contributed by atoms with E-state index in [0.29, 0.717) is 13.1 Å². The van der Waals surface area contributed by atoms with Gasteiger partial charge in [-0.3, -0.25) is 0 Å². The number of aromatic nitrogens is 1. The Kier molecular flexibility index (Phi) is 2.46. The minimum atomic E-state index is -0.537. The minimum Gasteiger partial charge on any atom is -0.386 e. The van der Waals surface area contributed by atoms with Crippen LogP contribution in [-0.4, -0.2) is 28.8 Å². The van der Waals surface area contributed by atoms with Gasteiger partial charge in [-0.25, -0.2) is 4.98 Å². The highest BCUT2D eigenvalue weighted by Crippen LogP contribution is 2.27. The lowest BCUT2D eigenvalue weighted by molar-refractivity contribution is 0.0305. The number of aliphatic hydroxyl groups is 1. The summed E-state index contributed by atoms with van der Waals surface area (Å²) >= 11 is 0. The maximum atomic E-state index is 9.66. The average Bonchev–Trinajstić information content (AvgIpc) is 2.13. The number of nitrogens with zero attached hydrogens (tertiary/aromatic N) is 2. The first-order chi connectivity index (χ1) is 7.28. The smallest absolute Gasteiger partial charge is 0.128 e. The Hall–Kier alpha value is -1.09. The molecule has 1 aliphatic heterocycles. The molecule has 1 aromatic heterocycles. The Morgan fingerprint density at radius 2 is 1.94 bits per heavy atom. The van der Waals surface area contributed by atoms with E-state index >= 15 is 0 Å². The van der Waals surface area contributed by atoms with Gasteiger partial charge in [0.05, 0.1) is 5.60 Å². The summed E-state index contributed by atoms with van der Waals surface area (Å²) in [6.45, 7) is 9.74. The van der Waals surface area contributed by atoms with Crippen molar-refractivity contribution in [2.45, 2.75) is 38.7 Å². The molecule has 0 saturated carbocycles.